The second-order valence-corrected chi connectivity index (χ2v) is 10.9. The van der Waals surface area contributed by atoms with E-state index in [4.69, 9.17) is 4.74 Å². The Labute approximate surface area is 209 Å². The lowest BCUT2D eigenvalue weighted by atomic mass is 10.0. The van der Waals surface area contributed by atoms with Gasteiger partial charge in [-0.05, 0) is 60.2 Å². The molecule has 4 rings (SSSR count). The second kappa shape index (κ2) is 10.1. The highest BCUT2D eigenvalue weighted by molar-refractivity contribution is 7.92. The van der Waals surface area contributed by atoms with Gasteiger partial charge < -0.3 is 14.7 Å². The highest BCUT2D eigenvalue weighted by atomic mass is 32.2. The molecule has 11 heteroatoms. The zero-order chi connectivity index (χ0) is 26.2. The Morgan fingerprint density at radius 2 is 1.97 bits per heavy atom. The molecule has 2 unspecified atom stereocenters. The van der Waals surface area contributed by atoms with Crippen LogP contribution in [0.25, 0.3) is 0 Å². The van der Waals surface area contributed by atoms with Crippen LogP contribution in [0.2, 0.25) is 0 Å². The van der Waals surface area contributed by atoms with Crippen molar-refractivity contribution >= 4 is 27.6 Å². The predicted molar refractivity (Wildman–Crippen MR) is 131 cm³/mol. The highest BCUT2D eigenvalue weighted by Crippen LogP contribution is 2.51. The molecule has 1 heterocycles. The number of benzene rings is 2. The SMILES string of the molecule is CCN1CCN(Cc2cc(F)ccc2S(=O)(=O)Nc2ccc(C3CC3C)c(OC)c2C(=O)O)C(=O)C1. The Bertz CT molecular complexity index is 1300. The number of aromatic carboxylic acids is 1. The number of rotatable bonds is 9. The minimum atomic E-state index is -4.34. The molecule has 0 radical (unpaired) electrons. The van der Waals surface area contributed by atoms with Gasteiger partial charge in [-0.15, -0.1) is 0 Å². The monoisotopic (exact) mass is 519 g/mol. The maximum atomic E-state index is 14.1. The third-order valence-corrected chi connectivity index (χ3v) is 8.34. The van der Waals surface area contributed by atoms with Crippen LogP contribution in [0.1, 0.15) is 47.7 Å². The van der Waals surface area contributed by atoms with Crippen molar-refractivity contribution < 1.29 is 32.2 Å². The quantitative estimate of drug-likeness (QED) is 0.523. The molecule has 2 aliphatic rings. The number of nitrogens with zero attached hydrogens (tertiary/aromatic N) is 2. The number of carbonyl (C=O) groups is 2. The number of methoxy groups -OCH3 is 1. The third-order valence-electron chi connectivity index (χ3n) is 6.88. The van der Waals surface area contributed by atoms with Gasteiger partial charge >= 0.3 is 5.97 Å². The van der Waals surface area contributed by atoms with E-state index in [1.54, 1.807) is 6.07 Å². The van der Waals surface area contributed by atoms with Crippen LogP contribution >= 0.6 is 0 Å². The van der Waals surface area contributed by atoms with Gasteiger partial charge in [0.15, 0.2) is 0 Å². The minimum absolute atomic E-state index is 0.0853. The van der Waals surface area contributed by atoms with E-state index in [0.717, 1.165) is 36.7 Å². The molecule has 2 fully saturated rings. The van der Waals surface area contributed by atoms with E-state index in [-0.39, 0.29) is 52.4 Å². The molecule has 1 saturated heterocycles. The van der Waals surface area contributed by atoms with Crippen molar-refractivity contribution in [1.82, 2.24) is 9.80 Å². The molecule has 1 aliphatic heterocycles. The summed E-state index contributed by atoms with van der Waals surface area (Å²) < 4.78 is 48.8. The van der Waals surface area contributed by atoms with Crippen LogP contribution in [0.5, 0.6) is 5.75 Å². The molecule has 0 spiro atoms. The maximum Gasteiger partial charge on any atom is 0.341 e. The fourth-order valence-electron chi connectivity index (χ4n) is 4.70. The summed E-state index contributed by atoms with van der Waals surface area (Å²) in [7, 11) is -2.99. The summed E-state index contributed by atoms with van der Waals surface area (Å²) in [6.45, 7) is 5.85. The van der Waals surface area contributed by atoms with Crippen LogP contribution in [0.3, 0.4) is 0 Å². The van der Waals surface area contributed by atoms with E-state index >= 15 is 0 Å². The number of carboxylic acid groups (broad SMARTS) is 1. The Balaban J connectivity index is 1.67. The number of carboxylic acids is 1. The number of likely N-dealkylation sites (N-methyl/N-ethyl adjacent to an activating group) is 1. The van der Waals surface area contributed by atoms with Crippen LogP contribution in [0, 0.1) is 11.7 Å². The number of hydrogen-bond acceptors (Lipinski definition) is 6. The first-order valence-electron chi connectivity index (χ1n) is 11.8. The van der Waals surface area contributed by atoms with Crippen molar-refractivity contribution in [3.63, 3.8) is 0 Å². The largest absolute Gasteiger partial charge is 0.495 e. The van der Waals surface area contributed by atoms with Crippen LogP contribution in [-0.2, 0) is 21.4 Å². The molecule has 1 saturated carbocycles. The van der Waals surface area contributed by atoms with Crippen molar-refractivity contribution in [2.24, 2.45) is 5.92 Å². The van der Waals surface area contributed by atoms with Gasteiger partial charge in [0.05, 0.1) is 24.2 Å². The number of piperazine rings is 1. The lowest BCUT2D eigenvalue weighted by Gasteiger charge is -2.34. The second-order valence-electron chi connectivity index (χ2n) is 9.28. The van der Waals surface area contributed by atoms with E-state index in [9.17, 15) is 27.5 Å². The van der Waals surface area contributed by atoms with Crippen molar-refractivity contribution in [2.75, 3.05) is 38.0 Å². The van der Waals surface area contributed by atoms with E-state index in [1.165, 1.54) is 18.1 Å². The summed E-state index contributed by atoms with van der Waals surface area (Å²) in [4.78, 5) is 27.9. The first-order valence-corrected chi connectivity index (χ1v) is 13.3. The average molecular weight is 520 g/mol. The van der Waals surface area contributed by atoms with Gasteiger partial charge in [0.25, 0.3) is 10.0 Å². The summed E-state index contributed by atoms with van der Waals surface area (Å²) in [5.41, 5.74) is 0.386. The number of sulfonamides is 1. The molecule has 1 aliphatic carbocycles. The minimum Gasteiger partial charge on any atom is -0.495 e. The van der Waals surface area contributed by atoms with Crippen molar-refractivity contribution in [3.8, 4) is 5.75 Å². The summed E-state index contributed by atoms with van der Waals surface area (Å²) in [6.07, 6.45) is 0.894. The zero-order valence-electron chi connectivity index (χ0n) is 20.5. The summed E-state index contributed by atoms with van der Waals surface area (Å²) in [5, 5.41) is 9.90. The van der Waals surface area contributed by atoms with Crippen LogP contribution < -0.4 is 9.46 Å². The number of halogens is 1. The Morgan fingerprint density at radius 1 is 1.25 bits per heavy atom. The van der Waals surface area contributed by atoms with E-state index in [1.807, 2.05) is 18.7 Å². The summed E-state index contributed by atoms with van der Waals surface area (Å²) in [6, 6.07) is 6.32. The van der Waals surface area contributed by atoms with Crippen LogP contribution in [-0.4, -0.2) is 68.5 Å². The zero-order valence-corrected chi connectivity index (χ0v) is 21.3. The molecular formula is C25H30FN3O6S. The van der Waals surface area contributed by atoms with Gasteiger partial charge in [0.1, 0.15) is 17.1 Å². The Kier molecular flexibility index (Phi) is 7.24. The number of anilines is 1. The molecule has 0 aromatic heterocycles. The smallest absolute Gasteiger partial charge is 0.341 e. The van der Waals surface area contributed by atoms with E-state index < -0.39 is 21.8 Å². The Hall–Kier alpha value is -3.18. The van der Waals surface area contributed by atoms with Crippen molar-refractivity contribution in [3.05, 3.63) is 52.8 Å². The third kappa shape index (κ3) is 5.17. The number of carbonyl (C=O) groups excluding carboxylic acids is 1. The standard InChI is InChI=1S/C25H30FN3O6S/c1-4-28-9-10-29(22(30)14-28)13-16-12-17(26)5-8-21(16)36(33,34)27-20-7-6-18(19-11-15(19)2)24(35-3)23(20)25(31)32/h5-8,12,15,19,27H,4,9-11,13-14H2,1-3H3,(H,31,32). The first kappa shape index (κ1) is 25.9. The molecule has 0 bridgehead atoms. The fourth-order valence-corrected chi connectivity index (χ4v) is 5.98. The normalized spacial score (nSPS) is 20.3. The van der Waals surface area contributed by atoms with Crippen molar-refractivity contribution in [2.45, 2.75) is 37.6 Å². The number of nitrogens with one attached hydrogen (secondary N) is 1. The van der Waals surface area contributed by atoms with Gasteiger partial charge in [-0.2, -0.15) is 0 Å². The maximum absolute atomic E-state index is 14.1. The van der Waals surface area contributed by atoms with Gasteiger partial charge in [-0.1, -0.05) is 19.9 Å². The summed E-state index contributed by atoms with van der Waals surface area (Å²) in [5.74, 6) is -1.50. The molecule has 2 aromatic rings. The topological polar surface area (TPSA) is 116 Å². The predicted octanol–water partition coefficient (Wildman–Crippen LogP) is 3.12. The number of hydrogen-bond donors (Lipinski definition) is 2. The summed E-state index contributed by atoms with van der Waals surface area (Å²) >= 11 is 0. The van der Waals surface area contributed by atoms with Gasteiger partial charge in [0.2, 0.25) is 5.91 Å². The first-order chi connectivity index (χ1) is 17.1. The number of ether oxygens (including phenoxy) is 1. The van der Waals surface area contributed by atoms with Crippen LogP contribution in [0.4, 0.5) is 10.1 Å². The lowest BCUT2D eigenvalue weighted by Crippen LogP contribution is -2.49. The fraction of sp³-hybridized carbons (Fsp3) is 0.440. The molecule has 1 amide bonds. The van der Waals surface area contributed by atoms with E-state index in [0.29, 0.717) is 19.0 Å². The molecule has 2 N–H and O–H groups in total. The molecular weight excluding hydrogens is 489 g/mol. The highest BCUT2D eigenvalue weighted by Gasteiger charge is 2.38. The lowest BCUT2D eigenvalue weighted by molar-refractivity contribution is -0.136. The average Bonchev–Trinajstić information content (AvgIpc) is 3.55. The van der Waals surface area contributed by atoms with Crippen LogP contribution in [0.15, 0.2) is 35.2 Å². The van der Waals surface area contributed by atoms with Gasteiger partial charge in [0, 0.05) is 19.6 Å². The molecule has 2 atom stereocenters. The van der Waals surface area contributed by atoms with Gasteiger partial charge in [-0.3, -0.25) is 14.4 Å². The molecule has 9 nitrogen and oxygen atoms in total. The molecule has 2 aromatic carbocycles. The molecule has 194 valence electrons. The van der Waals surface area contributed by atoms with Gasteiger partial charge in [-0.25, -0.2) is 17.6 Å². The Morgan fingerprint density at radius 3 is 2.56 bits per heavy atom. The van der Waals surface area contributed by atoms with E-state index in [2.05, 4.69) is 4.72 Å². The van der Waals surface area contributed by atoms with Crippen molar-refractivity contribution in [1.29, 1.82) is 0 Å². The number of amides is 1. The molecule has 36 heavy (non-hydrogen) atoms.